The first kappa shape index (κ1) is 23.2. The molecule has 1 saturated carbocycles. The lowest BCUT2D eigenvalue weighted by molar-refractivity contribution is -0.147. The minimum Gasteiger partial charge on any atom is -0.478 e. The summed E-state index contributed by atoms with van der Waals surface area (Å²) in [5, 5.41) is 5.10. The number of rotatable bonds is 6. The first-order valence-electron chi connectivity index (χ1n) is 11.1. The largest absolute Gasteiger partial charge is 0.478 e. The van der Waals surface area contributed by atoms with Crippen molar-refractivity contribution in [2.24, 2.45) is 5.10 Å². The van der Waals surface area contributed by atoms with Gasteiger partial charge in [0, 0.05) is 16.0 Å². The second-order valence-corrected chi connectivity index (χ2v) is 9.06. The molecule has 3 aromatic rings. The van der Waals surface area contributed by atoms with Crippen LogP contribution in [0.15, 0.2) is 56.8 Å². The van der Waals surface area contributed by atoms with Crippen molar-refractivity contribution < 1.29 is 14.3 Å². The lowest BCUT2D eigenvalue weighted by Crippen LogP contribution is -2.26. The van der Waals surface area contributed by atoms with E-state index in [1.165, 1.54) is 18.2 Å². The zero-order valence-electron chi connectivity index (χ0n) is 18.7. The van der Waals surface area contributed by atoms with Gasteiger partial charge in [-0.3, -0.25) is 4.79 Å². The number of esters is 1. The zero-order valence-corrected chi connectivity index (χ0v) is 20.2. The second kappa shape index (κ2) is 10.3. The molecule has 33 heavy (non-hydrogen) atoms. The van der Waals surface area contributed by atoms with Gasteiger partial charge in [-0.25, -0.2) is 9.78 Å². The van der Waals surface area contributed by atoms with Crippen molar-refractivity contribution in [2.45, 2.75) is 51.0 Å². The quantitative estimate of drug-likeness (QED) is 0.342. The van der Waals surface area contributed by atoms with E-state index >= 15 is 0 Å². The van der Waals surface area contributed by atoms with Gasteiger partial charge < -0.3 is 9.47 Å². The predicted molar refractivity (Wildman–Crippen MR) is 131 cm³/mol. The molecule has 1 aromatic heterocycles. The van der Waals surface area contributed by atoms with Crippen LogP contribution in [-0.2, 0) is 9.53 Å². The summed E-state index contributed by atoms with van der Waals surface area (Å²) in [5.74, 6) is 0.858. The van der Waals surface area contributed by atoms with Crippen molar-refractivity contribution in [2.75, 3.05) is 7.11 Å². The van der Waals surface area contributed by atoms with Crippen molar-refractivity contribution in [3.63, 3.8) is 0 Å². The van der Waals surface area contributed by atoms with Gasteiger partial charge in [-0.2, -0.15) is 9.78 Å². The number of ether oxygens (including phenoxy) is 2. The molecule has 2 aromatic carbocycles. The van der Waals surface area contributed by atoms with Crippen molar-refractivity contribution in [3.8, 4) is 5.75 Å². The van der Waals surface area contributed by atoms with Crippen LogP contribution in [0.5, 0.6) is 5.75 Å². The molecule has 7 nitrogen and oxygen atoms in total. The van der Waals surface area contributed by atoms with Gasteiger partial charge in [0.25, 0.3) is 5.56 Å². The third-order valence-corrected chi connectivity index (χ3v) is 6.36. The Balaban J connectivity index is 1.78. The number of methoxy groups -OCH3 is 1. The molecule has 0 bridgehead atoms. The van der Waals surface area contributed by atoms with Crippen LogP contribution in [-0.4, -0.2) is 35.1 Å². The minimum absolute atomic E-state index is 0.186. The smallest absolute Gasteiger partial charge is 0.346 e. The molecule has 1 heterocycles. The summed E-state index contributed by atoms with van der Waals surface area (Å²) in [6.45, 7) is 1.62. The maximum atomic E-state index is 13.4. The number of carbonyl (C=O) groups is 1. The van der Waals surface area contributed by atoms with Gasteiger partial charge in [0.05, 0.1) is 24.2 Å². The van der Waals surface area contributed by atoms with Crippen LogP contribution in [0.2, 0.25) is 0 Å². The first-order chi connectivity index (χ1) is 16.0. The molecule has 0 amide bonds. The minimum atomic E-state index is -0.786. The van der Waals surface area contributed by atoms with Crippen molar-refractivity contribution in [1.82, 2.24) is 9.66 Å². The van der Waals surface area contributed by atoms with Crippen molar-refractivity contribution in [3.05, 3.63) is 68.7 Å². The van der Waals surface area contributed by atoms with Gasteiger partial charge in [-0.05, 0) is 50.1 Å². The molecule has 172 valence electrons. The van der Waals surface area contributed by atoms with Crippen molar-refractivity contribution in [1.29, 1.82) is 0 Å². The van der Waals surface area contributed by atoms with E-state index in [4.69, 9.17) is 14.5 Å². The van der Waals surface area contributed by atoms with Crippen LogP contribution in [0.3, 0.4) is 0 Å². The molecular weight excluding hydrogens is 486 g/mol. The standard InChI is InChI=1S/C25H26BrN3O4/c1-16(25(31)32-2)33-22-13-12-19(26)14-18(22)15-27-29-23(17-8-4-3-5-9-17)28-21-11-7-6-10-20(21)24(29)30/h6-7,10-17H,3-5,8-9H2,1-2H3/t16-/m1/s1. The monoisotopic (exact) mass is 511 g/mol. The van der Waals surface area contributed by atoms with Gasteiger partial charge >= 0.3 is 5.97 Å². The molecule has 0 unspecified atom stereocenters. The molecule has 0 saturated heterocycles. The highest BCUT2D eigenvalue weighted by Crippen LogP contribution is 2.32. The number of benzene rings is 2. The summed E-state index contributed by atoms with van der Waals surface area (Å²) >= 11 is 3.47. The lowest BCUT2D eigenvalue weighted by atomic mass is 9.88. The molecule has 8 heteroatoms. The molecule has 1 fully saturated rings. The predicted octanol–water partition coefficient (Wildman–Crippen LogP) is 5.03. The highest BCUT2D eigenvalue weighted by atomic mass is 79.9. The third kappa shape index (κ3) is 5.16. The van der Waals surface area contributed by atoms with Gasteiger partial charge in [-0.1, -0.05) is 47.3 Å². The number of hydrogen-bond acceptors (Lipinski definition) is 6. The first-order valence-corrected chi connectivity index (χ1v) is 11.9. The average molecular weight is 512 g/mol. The molecule has 1 aliphatic carbocycles. The maximum absolute atomic E-state index is 13.4. The maximum Gasteiger partial charge on any atom is 0.346 e. The molecule has 0 N–H and O–H groups in total. The summed E-state index contributed by atoms with van der Waals surface area (Å²) in [7, 11) is 1.32. The summed E-state index contributed by atoms with van der Waals surface area (Å²) < 4.78 is 12.8. The number of para-hydroxylation sites is 1. The second-order valence-electron chi connectivity index (χ2n) is 8.15. The van der Waals surface area contributed by atoms with E-state index in [0.717, 1.165) is 30.2 Å². The SMILES string of the molecule is COC(=O)[C@@H](C)Oc1ccc(Br)cc1C=Nn1c(C2CCCCC2)nc2ccccc2c1=O. The van der Waals surface area contributed by atoms with Gasteiger partial charge in [0.15, 0.2) is 6.10 Å². The number of aromatic nitrogens is 2. The fourth-order valence-electron chi connectivity index (χ4n) is 4.13. The lowest BCUT2D eigenvalue weighted by Gasteiger charge is -2.22. The number of hydrogen-bond donors (Lipinski definition) is 0. The Kier molecular flexibility index (Phi) is 7.23. The van der Waals surface area contributed by atoms with Crippen LogP contribution < -0.4 is 10.3 Å². The molecule has 0 radical (unpaired) electrons. The number of nitrogens with zero attached hydrogens (tertiary/aromatic N) is 3. The summed E-state index contributed by atoms with van der Waals surface area (Å²) in [6.07, 6.45) is 6.21. The molecule has 0 spiro atoms. The van der Waals surface area contributed by atoms with Crippen LogP contribution in [0, 0.1) is 0 Å². The Hall–Kier alpha value is -3.00. The van der Waals surface area contributed by atoms with Crippen LogP contribution in [0.25, 0.3) is 10.9 Å². The Morgan fingerprint density at radius 1 is 1.21 bits per heavy atom. The molecule has 1 atom stereocenters. The molecule has 4 rings (SSSR count). The molecule has 1 aliphatic rings. The van der Waals surface area contributed by atoms with E-state index in [2.05, 4.69) is 21.0 Å². The normalized spacial score (nSPS) is 15.6. The number of fused-ring (bicyclic) bond motifs is 1. The summed E-state index contributed by atoms with van der Waals surface area (Å²) in [4.78, 5) is 30.0. The van der Waals surface area contributed by atoms with E-state index in [9.17, 15) is 9.59 Å². The van der Waals surface area contributed by atoms with Crippen molar-refractivity contribution >= 4 is 39.0 Å². The van der Waals surface area contributed by atoms with Crippen LogP contribution >= 0.6 is 15.9 Å². The summed E-state index contributed by atoms with van der Waals surface area (Å²) in [5.41, 5.74) is 1.11. The number of halogens is 1. The fourth-order valence-corrected chi connectivity index (χ4v) is 4.51. The number of carbonyl (C=O) groups excluding carboxylic acids is 1. The topological polar surface area (TPSA) is 82.8 Å². The Bertz CT molecular complexity index is 1250. The highest BCUT2D eigenvalue weighted by Gasteiger charge is 2.22. The Morgan fingerprint density at radius 2 is 1.97 bits per heavy atom. The third-order valence-electron chi connectivity index (χ3n) is 5.87. The van der Waals surface area contributed by atoms with Crippen LogP contribution in [0.1, 0.15) is 56.3 Å². The average Bonchev–Trinajstić information content (AvgIpc) is 2.84. The van der Waals surface area contributed by atoms with E-state index in [1.807, 2.05) is 30.3 Å². The van der Waals surface area contributed by atoms with Gasteiger partial charge in [-0.15, -0.1) is 0 Å². The van der Waals surface area contributed by atoms with E-state index in [1.54, 1.807) is 25.3 Å². The molecular formula is C25H26BrN3O4. The van der Waals surface area contributed by atoms with E-state index < -0.39 is 12.1 Å². The molecule has 0 aliphatic heterocycles. The zero-order chi connectivity index (χ0) is 23.4. The Morgan fingerprint density at radius 3 is 2.73 bits per heavy atom. The summed E-state index contributed by atoms with van der Waals surface area (Å²) in [6, 6.07) is 12.7. The Labute approximate surface area is 200 Å². The van der Waals surface area contributed by atoms with Crippen LogP contribution in [0.4, 0.5) is 0 Å². The highest BCUT2D eigenvalue weighted by molar-refractivity contribution is 9.10. The fraction of sp³-hybridized carbons (Fsp3) is 0.360. The van der Waals surface area contributed by atoms with Gasteiger partial charge in [0.2, 0.25) is 0 Å². The van der Waals surface area contributed by atoms with E-state index in [-0.39, 0.29) is 11.5 Å². The van der Waals surface area contributed by atoms with E-state index in [0.29, 0.717) is 28.0 Å². The van der Waals surface area contributed by atoms with Gasteiger partial charge in [0.1, 0.15) is 11.6 Å².